The van der Waals surface area contributed by atoms with Crippen LogP contribution in [0.5, 0.6) is 11.5 Å². The maximum atomic E-state index is 12.6. The first-order chi connectivity index (χ1) is 10.2. The molecule has 0 aromatic heterocycles. The summed E-state index contributed by atoms with van der Waals surface area (Å²) in [6.45, 7) is 4.10. The van der Waals surface area contributed by atoms with Crippen LogP contribution in [0.25, 0.3) is 0 Å². The zero-order chi connectivity index (χ0) is 15.2. The molecule has 1 aliphatic rings. The summed E-state index contributed by atoms with van der Waals surface area (Å²) in [6.07, 6.45) is 2.18. The Labute approximate surface area is 126 Å². The smallest absolute Gasteiger partial charge is 0.259 e. The molecule has 21 heavy (non-hydrogen) atoms. The highest BCUT2D eigenvalue weighted by molar-refractivity contribution is 5.99. The van der Waals surface area contributed by atoms with Crippen LogP contribution in [0.2, 0.25) is 0 Å². The second-order valence-electron chi connectivity index (χ2n) is 5.39. The number of hydrogen-bond donors (Lipinski definition) is 2. The van der Waals surface area contributed by atoms with Crippen molar-refractivity contribution in [2.75, 3.05) is 27.3 Å². The van der Waals surface area contributed by atoms with E-state index in [2.05, 4.69) is 17.6 Å². The normalized spacial score (nSPS) is 17.1. The minimum atomic E-state index is -0.143. The van der Waals surface area contributed by atoms with Gasteiger partial charge in [-0.25, -0.2) is 0 Å². The summed E-state index contributed by atoms with van der Waals surface area (Å²) in [4.78, 5) is 12.6. The van der Waals surface area contributed by atoms with Gasteiger partial charge in [-0.05, 0) is 50.9 Å². The molecule has 0 saturated carbocycles. The molecular weight excluding hydrogens is 268 g/mol. The molecule has 0 radical (unpaired) electrons. The highest BCUT2D eigenvalue weighted by Crippen LogP contribution is 2.28. The maximum absolute atomic E-state index is 12.6. The fourth-order valence-corrected chi connectivity index (χ4v) is 2.82. The van der Waals surface area contributed by atoms with E-state index < -0.39 is 0 Å². The Kier molecular flexibility index (Phi) is 5.44. The van der Waals surface area contributed by atoms with Gasteiger partial charge in [-0.1, -0.05) is 6.07 Å². The molecule has 1 fully saturated rings. The molecule has 1 aromatic carbocycles. The predicted octanol–water partition coefficient (Wildman–Crippen LogP) is 1.82. The van der Waals surface area contributed by atoms with Crippen LogP contribution >= 0.6 is 0 Å². The number of amides is 1. The first-order valence-electron chi connectivity index (χ1n) is 7.40. The molecule has 5 heteroatoms. The Morgan fingerprint density at radius 3 is 2.33 bits per heavy atom. The number of benzene rings is 1. The number of ether oxygens (including phenoxy) is 2. The molecule has 0 spiro atoms. The van der Waals surface area contributed by atoms with Gasteiger partial charge >= 0.3 is 0 Å². The number of carbonyl (C=O) groups excluding carboxylic acids is 1. The van der Waals surface area contributed by atoms with Crippen LogP contribution in [-0.2, 0) is 0 Å². The number of methoxy groups -OCH3 is 2. The average molecular weight is 292 g/mol. The van der Waals surface area contributed by atoms with E-state index in [4.69, 9.17) is 9.47 Å². The Balaban J connectivity index is 2.12. The zero-order valence-electron chi connectivity index (χ0n) is 12.9. The molecule has 1 amide bonds. The molecule has 5 nitrogen and oxygen atoms in total. The van der Waals surface area contributed by atoms with Crippen LogP contribution in [0.15, 0.2) is 18.2 Å². The van der Waals surface area contributed by atoms with Gasteiger partial charge in [0, 0.05) is 6.04 Å². The predicted molar refractivity (Wildman–Crippen MR) is 82.1 cm³/mol. The summed E-state index contributed by atoms with van der Waals surface area (Å²) in [5.41, 5.74) is 0.461. The van der Waals surface area contributed by atoms with E-state index >= 15 is 0 Å². The molecule has 1 unspecified atom stereocenters. The largest absolute Gasteiger partial charge is 0.496 e. The van der Waals surface area contributed by atoms with E-state index in [0.29, 0.717) is 23.0 Å². The van der Waals surface area contributed by atoms with Gasteiger partial charge in [-0.2, -0.15) is 0 Å². The zero-order valence-corrected chi connectivity index (χ0v) is 12.9. The molecule has 1 aromatic rings. The van der Waals surface area contributed by atoms with Gasteiger partial charge < -0.3 is 20.1 Å². The lowest BCUT2D eigenvalue weighted by Gasteiger charge is -2.29. The summed E-state index contributed by atoms with van der Waals surface area (Å²) in [5.74, 6) is 1.43. The molecule has 2 N–H and O–H groups in total. The van der Waals surface area contributed by atoms with E-state index in [9.17, 15) is 4.79 Å². The van der Waals surface area contributed by atoms with Crippen molar-refractivity contribution in [3.63, 3.8) is 0 Å². The Morgan fingerprint density at radius 2 is 1.81 bits per heavy atom. The topological polar surface area (TPSA) is 59.6 Å². The number of nitrogens with one attached hydrogen (secondary N) is 2. The second kappa shape index (κ2) is 7.31. The third-order valence-electron chi connectivity index (χ3n) is 4.10. The molecule has 0 aliphatic carbocycles. The number of carbonyl (C=O) groups is 1. The van der Waals surface area contributed by atoms with Gasteiger partial charge in [0.15, 0.2) is 0 Å². The van der Waals surface area contributed by atoms with Gasteiger partial charge in [0.05, 0.1) is 14.2 Å². The van der Waals surface area contributed by atoms with Crippen LogP contribution < -0.4 is 20.1 Å². The molecular formula is C16H24N2O3. The first-order valence-corrected chi connectivity index (χ1v) is 7.40. The van der Waals surface area contributed by atoms with E-state index in [1.165, 1.54) is 0 Å². The number of piperidine rings is 1. The minimum Gasteiger partial charge on any atom is -0.496 e. The van der Waals surface area contributed by atoms with Crippen molar-refractivity contribution in [1.29, 1.82) is 0 Å². The summed E-state index contributed by atoms with van der Waals surface area (Å²) in [7, 11) is 3.11. The van der Waals surface area contributed by atoms with Crippen molar-refractivity contribution in [2.45, 2.75) is 25.8 Å². The van der Waals surface area contributed by atoms with Crippen LogP contribution in [0, 0.1) is 5.92 Å². The van der Waals surface area contributed by atoms with Crippen molar-refractivity contribution < 1.29 is 14.3 Å². The first kappa shape index (κ1) is 15.6. The minimum absolute atomic E-state index is 0.134. The van der Waals surface area contributed by atoms with Gasteiger partial charge in [0.25, 0.3) is 5.91 Å². The molecule has 2 rings (SSSR count). The molecule has 0 bridgehead atoms. The Morgan fingerprint density at radius 1 is 1.24 bits per heavy atom. The van der Waals surface area contributed by atoms with Crippen molar-refractivity contribution in [2.24, 2.45) is 5.92 Å². The third-order valence-corrected chi connectivity index (χ3v) is 4.10. The van der Waals surface area contributed by atoms with Crippen molar-refractivity contribution in [3.05, 3.63) is 23.8 Å². The van der Waals surface area contributed by atoms with E-state index in [0.717, 1.165) is 25.9 Å². The Bertz CT molecular complexity index is 462. The molecule has 1 heterocycles. The standard InChI is InChI=1S/C16H24N2O3/c1-11(12-7-9-17-10-8-12)18-16(19)15-13(20-2)5-4-6-14(15)21-3/h4-6,11-12,17H,7-10H2,1-3H3,(H,18,19). The van der Waals surface area contributed by atoms with Crippen molar-refractivity contribution >= 4 is 5.91 Å². The third kappa shape index (κ3) is 3.67. The summed E-state index contributed by atoms with van der Waals surface area (Å²) in [6, 6.07) is 5.48. The van der Waals surface area contributed by atoms with Gasteiger partial charge in [-0.15, -0.1) is 0 Å². The van der Waals surface area contributed by atoms with E-state index in [1.807, 2.05) is 6.07 Å². The molecule has 116 valence electrons. The highest BCUT2D eigenvalue weighted by atomic mass is 16.5. The SMILES string of the molecule is COc1cccc(OC)c1C(=O)NC(C)C1CCNCC1. The van der Waals surface area contributed by atoms with Crippen LogP contribution in [-0.4, -0.2) is 39.3 Å². The van der Waals surface area contributed by atoms with E-state index in [1.54, 1.807) is 26.4 Å². The monoisotopic (exact) mass is 292 g/mol. The van der Waals surface area contributed by atoms with Crippen molar-refractivity contribution in [1.82, 2.24) is 10.6 Å². The van der Waals surface area contributed by atoms with Gasteiger partial charge in [-0.3, -0.25) is 4.79 Å². The molecule has 1 saturated heterocycles. The number of rotatable bonds is 5. The van der Waals surface area contributed by atoms with Crippen LogP contribution in [0.3, 0.4) is 0 Å². The van der Waals surface area contributed by atoms with E-state index in [-0.39, 0.29) is 11.9 Å². The lowest BCUT2D eigenvalue weighted by atomic mass is 9.91. The highest BCUT2D eigenvalue weighted by Gasteiger charge is 2.24. The summed E-state index contributed by atoms with van der Waals surface area (Å²) in [5, 5.41) is 6.43. The number of hydrogen-bond acceptors (Lipinski definition) is 4. The quantitative estimate of drug-likeness (QED) is 0.869. The Hall–Kier alpha value is -1.75. The van der Waals surface area contributed by atoms with Gasteiger partial charge in [0.2, 0.25) is 0 Å². The second-order valence-corrected chi connectivity index (χ2v) is 5.39. The van der Waals surface area contributed by atoms with Crippen molar-refractivity contribution in [3.8, 4) is 11.5 Å². The molecule has 1 atom stereocenters. The lowest BCUT2D eigenvalue weighted by molar-refractivity contribution is 0.0914. The maximum Gasteiger partial charge on any atom is 0.259 e. The lowest BCUT2D eigenvalue weighted by Crippen LogP contribution is -2.42. The summed E-state index contributed by atoms with van der Waals surface area (Å²) < 4.78 is 10.6. The van der Waals surface area contributed by atoms with Crippen LogP contribution in [0.1, 0.15) is 30.1 Å². The van der Waals surface area contributed by atoms with Crippen LogP contribution in [0.4, 0.5) is 0 Å². The van der Waals surface area contributed by atoms with Gasteiger partial charge in [0.1, 0.15) is 17.1 Å². The summed E-state index contributed by atoms with van der Waals surface area (Å²) >= 11 is 0. The fourth-order valence-electron chi connectivity index (χ4n) is 2.82. The average Bonchev–Trinajstić information content (AvgIpc) is 2.54. The molecule has 1 aliphatic heterocycles. The fraction of sp³-hybridized carbons (Fsp3) is 0.562.